The fourth-order valence-electron chi connectivity index (χ4n) is 1.41. The van der Waals surface area contributed by atoms with Gasteiger partial charge >= 0.3 is 0 Å². The molecule has 0 saturated carbocycles. The Morgan fingerprint density at radius 3 is 2.88 bits per heavy atom. The predicted octanol–water partition coefficient (Wildman–Crippen LogP) is 2.47. The summed E-state index contributed by atoms with van der Waals surface area (Å²) >= 11 is 0. The van der Waals surface area contributed by atoms with Gasteiger partial charge in [0, 0.05) is 30.2 Å². The SMILES string of the molecule is CC(C)n1ccc(Nc2ccnc(C#N)c2)n1. The molecule has 0 saturated heterocycles. The van der Waals surface area contributed by atoms with E-state index in [0.717, 1.165) is 11.5 Å². The summed E-state index contributed by atoms with van der Waals surface area (Å²) in [5, 5.41) is 16.2. The molecule has 0 aliphatic heterocycles. The Kier molecular flexibility index (Phi) is 3.06. The molecule has 2 rings (SSSR count). The Morgan fingerprint density at radius 2 is 2.24 bits per heavy atom. The molecule has 86 valence electrons. The summed E-state index contributed by atoms with van der Waals surface area (Å²) in [4.78, 5) is 3.91. The van der Waals surface area contributed by atoms with E-state index >= 15 is 0 Å². The van der Waals surface area contributed by atoms with Crippen LogP contribution < -0.4 is 5.32 Å². The molecule has 5 heteroatoms. The number of nitrogens with one attached hydrogen (secondary N) is 1. The molecule has 0 aliphatic carbocycles. The molecule has 0 spiro atoms. The first-order valence-electron chi connectivity index (χ1n) is 5.37. The Hall–Kier alpha value is -2.35. The summed E-state index contributed by atoms with van der Waals surface area (Å²) < 4.78 is 1.87. The van der Waals surface area contributed by atoms with Crippen LogP contribution in [0, 0.1) is 11.3 Å². The van der Waals surface area contributed by atoms with Crippen LogP contribution in [0.4, 0.5) is 11.5 Å². The van der Waals surface area contributed by atoms with E-state index in [0.29, 0.717) is 11.7 Å². The maximum atomic E-state index is 8.75. The van der Waals surface area contributed by atoms with Crippen molar-refractivity contribution >= 4 is 11.5 Å². The zero-order valence-electron chi connectivity index (χ0n) is 9.75. The van der Waals surface area contributed by atoms with Crippen LogP contribution >= 0.6 is 0 Å². The number of nitriles is 1. The topological polar surface area (TPSA) is 66.5 Å². The number of hydrogen-bond acceptors (Lipinski definition) is 4. The fraction of sp³-hybridized carbons (Fsp3) is 0.250. The van der Waals surface area contributed by atoms with E-state index < -0.39 is 0 Å². The highest BCUT2D eigenvalue weighted by molar-refractivity contribution is 5.56. The summed E-state index contributed by atoms with van der Waals surface area (Å²) in [6, 6.07) is 7.72. The summed E-state index contributed by atoms with van der Waals surface area (Å²) in [5.74, 6) is 0.758. The van der Waals surface area contributed by atoms with Crippen molar-refractivity contribution in [1.82, 2.24) is 14.8 Å². The fourth-order valence-corrected chi connectivity index (χ4v) is 1.41. The van der Waals surface area contributed by atoms with E-state index in [1.165, 1.54) is 0 Å². The van der Waals surface area contributed by atoms with Crippen molar-refractivity contribution < 1.29 is 0 Å². The van der Waals surface area contributed by atoms with Gasteiger partial charge in [-0.3, -0.25) is 4.68 Å². The van der Waals surface area contributed by atoms with Gasteiger partial charge in [-0.05, 0) is 26.0 Å². The molecule has 0 amide bonds. The Bertz CT molecular complexity index is 550. The number of aromatic nitrogens is 3. The van der Waals surface area contributed by atoms with Crippen LogP contribution in [0.25, 0.3) is 0 Å². The van der Waals surface area contributed by atoms with Gasteiger partial charge < -0.3 is 5.32 Å². The first kappa shape index (κ1) is 11.1. The maximum absolute atomic E-state index is 8.75. The van der Waals surface area contributed by atoms with Crippen molar-refractivity contribution in [3.8, 4) is 6.07 Å². The lowest BCUT2D eigenvalue weighted by atomic mass is 10.3. The van der Waals surface area contributed by atoms with E-state index in [-0.39, 0.29) is 0 Å². The zero-order valence-corrected chi connectivity index (χ0v) is 9.75. The largest absolute Gasteiger partial charge is 0.339 e. The monoisotopic (exact) mass is 227 g/mol. The number of rotatable bonds is 3. The zero-order chi connectivity index (χ0) is 12.3. The molecule has 0 unspecified atom stereocenters. The van der Waals surface area contributed by atoms with E-state index in [4.69, 9.17) is 5.26 Å². The van der Waals surface area contributed by atoms with Crippen LogP contribution in [0.2, 0.25) is 0 Å². The Labute approximate surface area is 99.7 Å². The molecule has 1 N–H and O–H groups in total. The van der Waals surface area contributed by atoms with Gasteiger partial charge in [0.25, 0.3) is 0 Å². The van der Waals surface area contributed by atoms with Crippen LogP contribution in [-0.2, 0) is 0 Å². The van der Waals surface area contributed by atoms with Crippen molar-refractivity contribution in [1.29, 1.82) is 5.26 Å². The van der Waals surface area contributed by atoms with E-state index in [2.05, 4.69) is 29.2 Å². The molecule has 2 aromatic rings. The normalized spacial score (nSPS) is 10.2. The van der Waals surface area contributed by atoms with Crippen molar-refractivity contribution in [3.63, 3.8) is 0 Å². The minimum absolute atomic E-state index is 0.331. The number of anilines is 2. The van der Waals surface area contributed by atoms with Crippen molar-refractivity contribution in [2.45, 2.75) is 19.9 Å². The van der Waals surface area contributed by atoms with Gasteiger partial charge in [-0.25, -0.2) is 4.98 Å². The molecule has 2 heterocycles. The lowest BCUT2D eigenvalue weighted by molar-refractivity contribution is 0.534. The molecular formula is C12H13N5. The third-order valence-electron chi connectivity index (χ3n) is 2.28. The predicted molar refractivity (Wildman–Crippen MR) is 64.8 cm³/mol. The molecule has 2 aromatic heterocycles. The molecule has 0 fully saturated rings. The third-order valence-corrected chi connectivity index (χ3v) is 2.28. The minimum atomic E-state index is 0.331. The van der Waals surface area contributed by atoms with Gasteiger partial charge in [-0.1, -0.05) is 0 Å². The van der Waals surface area contributed by atoms with Crippen molar-refractivity contribution in [2.75, 3.05) is 5.32 Å². The highest BCUT2D eigenvalue weighted by Gasteiger charge is 2.02. The van der Waals surface area contributed by atoms with Gasteiger partial charge in [0.2, 0.25) is 0 Å². The lowest BCUT2D eigenvalue weighted by Crippen LogP contribution is -2.02. The lowest BCUT2D eigenvalue weighted by Gasteiger charge is -2.05. The van der Waals surface area contributed by atoms with Crippen LogP contribution in [0.5, 0.6) is 0 Å². The van der Waals surface area contributed by atoms with Gasteiger partial charge in [0.1, 0.15) is 11.8 Å². The van der Waals surface area contributed by atoms with Gasteiger partial charge in [0.05, 0.1) is 0 Å². The van der Waals surface area contributed by atoms with Crippen LogP contribution in [0.15, 0.2) is 30.6 Å². The first-order chi connectivity index (χ1) is 8.19. The Morgan fingerprint density at radius 1 is 1.41 bits per heavy atom. The average Bonchev–Trinajstić information content (AvgIpc) is 2.78. The van der Waals surface area contributed by atoms with Crippen molar-refractivity contribution in [3.05, 3.63) is 36.3 Å². The van der Waals surface area contributed by atoms with Gasteiger partial charge in [-0.15, -0.1) is 0 Å². The highest BCUT2D eigenvalue weighted by atomic mass is 15.3. The standard InChI is InChI=1S/C12H13N5/c1-9(2)17-6-4-12(16-17)15-10-3-5-14-11(7-10)8-13/h3-7,9H,1-2H3,(H,14,15,16). The molecule has 0 bridgehead atoms. The smallest absolute Gasteiger partial charge is 0.152 e. The maximum Gasteiger partial charge on any atom is 0.152 e. The molecule has 0 atom stereocenters. The van der Waals surface area contributed by atoms with E-state index in [1.54, 1.807) is 18.3 Å². The molecule has 0 radical (unpaired) electrons. The van der Waals surface area contributed by atoms with Crippen LogP contribution in [0.1, 0.15) is 25.6 Å². The van der Waals surface area contributed by atoms with E-state index in [9.17, 15) is 0 Å². The van der Waals surface area contributed by atoms with Crippen molar-refractivity contribution in [2.24, 2.45) is 0 Å². The summed E-state index contributed by atoms with van der Waals surface area (Å²) in [7, 11) is 0. The first-order valence-corrected chi connectivity index (χ1v) is 5.37. The molecule has 0 aliphatic rings. The summed E-state index contributed by atoms with van der Waals surface area (Å²) in [6.07, 6.45) is 3.51. The van der Waals surface area contributed by atoms with Gasteiger partial charge in [0.15, 0.2) is 5.82 Å². The van der Waals surface area contributed by atoms with Crippen LogP contribution in [-0.4, -0.2) is 14.8 Å². The quantitative estimate of drug-likeness (QED) is 0.874. The Balaban J connectivity index is 2.17. The number of hydrogen-bond donors (Lipinski definition) is 1. The van der Waals surface area contributed by atoms with E-state index in [1.807, 2.05) is 23.0 Å². The summed E-state index contributed by atoms with van der Waals surface area (Å²) in [6.45, 7) is 4.13. The second kappa shape index (κ2) is 4.66. The molecule has 0 aromatic carbocycles. The average molecular weight is 227 g/mol. The number of pyridine rings is 1. The second-order valence-electron chi connectivity index (χ2n) is 3.94. The van der Waals surface area contributed by atoms with Crippen LogP contribution in [0.3, 0.4) is 0 Å². The summed E-state index contributed by atoms with van der Waals surface area (Å²) in [5.41, 5.74) is 1.20. The van der Waals surface area contributed by atoms with Gasteiger partial charge in [-0.2, -0.15) is 10.4 Å². The highest BCUT2D eigenvalue weighted by Crippen LogP contribution is 2.15. The molecular weight excluding hydrogens is 214 g/mol. The molecule has 5 nitrogen and oxygen atoms in total. The number of nitrogens with zero attached hydrogens (tertiary/aromatic N) is 4. The minimum Gasteiger partial charge on any atom is -0.339 e. The molecule has 17 heavy (non-hydrogen) atoms. The third kappa shape index (κ3) is 2.61. The second-order valence-corrected chi connectivity index (χ2v) is 3.94.